The molecule has 0 amide bonds. The Hall–Kier alpha value is -0.900. The molecule has 2 unspecified atom stereocenters. The molecule has 0 aliphatic rings. The maximum Gasteiger partial charge on any atom is 0.0979 e. The molecular weight excluding hydrogens is 178 g/mol. The van der Waals surface area contributed by atoms with E-state index in [9.17, 15) is 0 Å². The molecule has 0 spiro atoms. The molecule has 3 heteroatoms. The first kappa shape index (κ1) is 11.2. The number of rotatable bonds is 5. The predicted molar refractivity (Wildman–Crippen MR) is 56.3 cm³/mol. The summed E-state index contributed by atoms with van der Waals surface area (Å²) in [5.41, 5.74) is 1.17. The average Bonchev–Trinajstić information content (AvgIpc) is 2.26. The van der Waals surface area contributed by atoms with Gasteiger partial charge in [0, 0.05) is 12.5 Å². The van der Waals surface area contributed by atoms with E-state index in [1.54, 1.807) is 0 Å². The first-order chi connectivity index (χ1) is 6.79. The van der Waals surface area contributed by atoms with Crippen molar-refractivity contribution in [2.45, 2.75) is 18.9 Å². The van der Waals surface area contributed by atoms with Gasteiger partial charge in [0.25, 0.3) is 0 Å². The van der Waals surface area contributed by atoms with Crippen molar-refractivity contribution in [2.75, 3.05) is 13.6 Å². The lowest BCUT2D eigenvalue weighted by molar-refractivity contribution is -0.278. The molecule has 0 saturated carbocycles. The van der Waals surface area contributed by atoms with E-state index in [1.807, 2.05) is 44.3 Å². The molecule has 0 saturated heterocycles. The lowest BCUT2D eigenvalue weighted by atomic mass is 9.94. The Balaban J connectivity index is 2.77. The first-order valence-corrected chi connectivity index (χ1v) is 4.79. The van der Waals surface area contributed by atoms with Crippen LogP contribution in [0, 0.1) is 0 Å². The third-order valence-electron chi connectivity index (χ3n) is 2.38. The topological polar surface area (TPSA) is 41.5 Å². The van der Waals surface area contributed by atoms with E-state index in [4.69, 9.17) is 5.26 Å². The largest absolute Gasteiger partial charge is 0.319 e. The highest BCUT2D eigenvalue weighted by molar-refractivity contribution is 5.20. The summed E-state index contributed by atoms with van der Waals surface area (Å²) in [6.07, 6.45) is -0.204. The van der Waals surface area contributed by atoms with Crippen molar-refractivity contribution in [3.63, 3.8) is 0 Å². The highest BCUT2D eigenvalue weighted by Crippen LogP contribution is 2.20. The van der Waals surface area contributed by atoms with Crippen LogP contribution in [0.1, 0.15) is 18.4 Å². The van der Waals surface area contributed by atoms with Crippen molar-refractivity contribution >= 4 is 0 Å². The Morgan fingerprint density at radius 1 is 1.36 bits per heavy atom. The van der Waals surface area contributed by atoms with E-state index in [1.165, 1.54) is 5.56 Å². The van der Waals surface area contributed by atoms with Crippen molar-refractivity contribution in [2.24, 2.45) is 0 Å². The minimum absolute atomic E-state index is 0.172. The Kier molecular flexibility index (Phi) is 4.59. The molecule has 14 heavy (non-hydrogen) atoms. The fourth-order valence-corrected chi connectivity index (χ4v) is 1.55. The second kappa shape index (κ2) is 5.75. The minimum Gasteiger partial charge on any atom is -0.319 e. The molecule has 1 aromatic rings. The lowest BCUT2D eigenvalue weighted by Crippen LogP contribution is -2.27. The normalized spacial score (nSPS) is 15.1. The van der Waals surface area contributed by atoms with Crippen LogP contribution in [-0.2, 0) is 4.89 Å². The fraction of sp³-hybridized carbons (Fsp3) is 0.455. The molecular formula is C11H17NO2. The third-order valence-corrected chi connectivity index (χ3v) is 2.38. The van der Waals surface area contributed by atoms with E-state index in [0.29, 0.717) is 0 Å². The number of nitrogens with one attached hydrogen (secondary N) is 1. The Labute approximate surface area is 84.6 Å². The molecule has 0 aromatic heterocycles. The highest BCUT2D eigenvalue weighted by Gasteiger charge is 2.18. The summed E-state index contributed by atoms with van der Waals surface area (Å²) in [7, 11) is 1.89. The smallest absolute Gasteiger partial charge is 0.0979 e. The van der Waals surface area contributed by atoms with E-state index in [2.05, 4.69) is 10.2 Å². The standard InChI is InChI=1S/C11H17NO2/c1-9(14-13)11(8-12-2)10-6-4-3-5-7-10/h3-7,9,11-13H,8H2,1-2H3. The van der Waals surface area contributed by atoms with Crippen molar-refractivity contribution in [1.29, 1.82) is 0 Å². The number of likely N-dealkylation sites (N-methyl/N-ethyl adjacent to an activating group) is 1. The first-order valence-electron chi connectivity index (χ1n) is 4.79. The van der Waals surface area contributed by atoms with Gasteiger partial charge in [0.1, 0.15) is 0 Å². The Morgan fingerprint density at radius 2 is 2.00 bits per heavy atom. The average molecular weight is 195 g/mol. The number of hydrogen-bond donors (Lipinski definition) is 2. The van der Waals surface area contributed by atoms with Crippen LogP contribution in [0.5, 0.6) is 0 Å². The van der Waals surface area contributed by atoms with Gasteiger partial charge in [0.15, 0.2) is 0 Å². The molecule has 0 bridgehead atoms. The van der Waals surface area contributed by atoms with Gasteiger partial charge >= 0.3 is 0 Å². The van der Waals surface area contributed by atoms with Crippen LogP contribution in [0.3, 0.4) is 0 Å². The van der Waals surface area contributed by atoms with Crippen LogP contribution >= 0.6 is 0 Å². The van der Waals surface area contributed by atoms with Gasteiger partial charge in [-0.3, -0.25) is 5.26 Å². The van der Waals surface area contributed by atoms with Crippen LogP contribution in [0.15, 0.2) is 30.3 Å². The maximum absolute atomic E-state index is 8.67. The third kappa shape index (κ3) is 2.80. The van der Waals surface area contributed by atoms with Crippen molar-refractivity contribution in [1.82, 2.24) is 5.32 Å². The van der Waals surface area contributed by atoms with Crippen LogP contribution in [-0.4, -0.2) is 25.0 Å². The van der Waals surface area contributed by atoms with Gasteiger partial charge in [-0.1, -0.05) is 30.3 Å². The summed E-state index contributed by atoms with van der Waals surface area (Å²) in [5.74, 6) is 0.172. The summed E-state index contributed by atoms with van der Waals surface area (Å²) in [4.78, 5) is 4.38. The Morgan fingerprint density at radius 3 is 2.50 bits per heavy atom. The summed E-state index contributed by atoms with van der Waals surface area (Å²) >= 11 is 0. The van der Waals surface area contributed by atoms with Gasteiger partial charge in [-0.2, -0.15) is 0 Å². The zero-order valence-electron chi connectivity index (χ0n) is 8.60. The van der Waals surface area contributed by atoms with Crippen LogP contribution in [0.4, 0.5) is 0 Å². The molecule has 2 N–H and O–H groups in total. The summed E-state index contributed by atoms with van der Waals surface area (Å²) in [6, 6.07) is 10.0. The van der Waals surface area contributed by atoms with Gasteiger partial charge < -0.3 is 5.32 Å². The van der Waals surface area contributed by atoms with Gasteiger partial charge in [-0.05, 0) is 19.5 Å². The zero-order chi connectivity index (χ0) is 10.4. The SMILES string of the molecule is CNCC(c1ccccc1)C(C)OO. The second-order valence-electron chi connectivity index (χ2n) is 3.39. The molecule has 1 aromatic carbocycles. The van der Waals surface area contributed by atoms with E-state index < -0.39 is 0 Å². The van der Waals surface area contributed by atoms with Crippen LogP contribution < -0.4 is 5.32 Å². The quantitative estimate of drug-likeness (QED) is 0.556. The number of hydrogen-bond acceptors (Lipinski definition) is 3. The van der Waals surface area contributed by atoms with Crippen LogP contribution in [0.25, 0.3) is 0 Å². The molecule has 78 valence electrons. The summed E-state index contributed by atoms with van der Waals surface area (Å²) in [5, 5.41) is 11.8. The molecule has 0 aliphatic heterocycles. The molecule has 0 radical (unpaired) electrons. The lowest BCUT2D eigenvalue weighted by Gasteiger charge is -2.21. The highest BCUT2D eigenvalue weighted by atomic mass is 17.1. The van der Waals surface area contributed by atoms with Crippen molar-refractivity contribution < 1.29 is 10.1 Å². The molecule has 0 heterocycles. The maximum atomic E-state index is 8.67. The van der Waals surface area contributed by atoms with E-state index in [-0.39, 0.29) is 12.0 Å². The monoisotopic (exact) mass is 195 g/mol. The fourth-order valence-electron chi connectivity index (χ4n) is 1.55. The molecule has 0 fully saturated rings. The summed E-state index contributed by atoms with van der Waals surface area (Å²) < 4.78 is 0. The van der Waals surface area contributed by atoms with Crippen molar-refractivity contribution in [3.05, 3.63) is 35.9 Å². The molecule has 3 nitrogen and oxygen atoms in total. The minimum atomic E-state index is -0.204. The second-order valence-corrected chi connectivity index (χ2v) is 3.39. The molecule has 2 atom stereocenters. The number of benzene rings is 1. The van der Waals surface area contributed by atoms with Gasteiger partial charge in [-0.25, -0.2) is 4.89 Å². The van der Waals surface area contributed by atoms with E-state index in [0.717, 1.165) is 6.54 Å². The molecule has 0 aliphatic carbocycles. The van der Waals surface area contributed by atoms with Gasteiger partial charge in [0.05, 0.1) is 6.10 Å². The van der Waals surface area contributed by atoms with Gasteiger partial charge in [-0.15, -0.1) is 0 Å². The predicted octanol–water partition coefficient (Wildman–Crippen LogP) is 1.87. The van der Waals surface area contributed by atoms with Crippen LogP contribution in [0.2, 0.25) is 0 Å². The molecule has 1 rings (SSSR count). The zero-order valence-corrected chi connectivity index (χ0v) is 8.60. The Bertz CT molecular complexity index is 251. The summed E-state index contributed by atoms with van der Waals surface area (Å²) in [6.45, 7) is 2.64. The van der Waals surface area contributed by atoms with Gasteiger partial charge in [0.2, 0.25) is 0 Å². The van der Waals surface area contributed by atoms with E-state index >= 15 is 0 Å². The van der Waals surface area contributed by atoms with Crippen molar-refractivity contribution in [3.8, 4) is 0 Å².